The lowest BCUT2D eigenvalue weighted by Crippen LogP contribution is -2.13. The molecule has 0 spiro atoms. The molecule has 2 aromatic rings. The molecule has 8 nitrogen and oxygen atoms in total. The second-order valence-corrected chi connectivity index (χ2v) is 5.21. The summed E-state index contributed by atoms with van der Waals surface area (Å²) in [7, 11) is 0. The van der Waals surface area contributed by atoms with Crippen LogP contribution < -0.4 is 5.73 Å². The van der Waals surface area contributed by atoms with E-state index in [2.05, 4.69) is 16.8 Å². The van der Waals surface area contributed by atoms with Gasteiger partial charge in [-0.05, 0) is 12.1 Å². The summed E-state index contributed by atoms with van der Waals surface area (Å²) in [6.45, 7) is 4.12. The Balaban J connectivity index is 2.35. The molecule has 0 aliphatic heterocycles. The third kappa shape index (κ3) is 3.50. The fraction of sp³-hybridized carbons (Fsp3) is 0.154. The molecule has 1 aromatic heterocycles. The summed E-state index contributed by atoms with van der Waals surface area (Å²) in [4.78, 5) is 21.1. The van der Waals surface area contributed by atoms with E-state index in [0.717, 1.165) is 0 Å². The Morgan fingerprint density at radius 2 is 2.09 bits per heavy atom. The van der Waals surface area contributed by atoms with Crippen LogP contribution in [-0.2, 0) is 11.3 Å². The van der Waals surface area contributed by atoms with Gasteiger partial charge in [0.1, 0.15) is 0 Å². The van der Waals surface area contributed by atoms with E-state index in [9.17, 15) is 14.9 Å². The number of carbonyl (C=O) groups excluding carboxylic acids is 1. The standard InChI is InChI=1S/C13H13N5O3S/c1-2-7-17-12(15-16-13(17)22-8-11(14)19)9-3-5-10(6-4-9)18(20)21/h2-6H,1,7-8H2,(H2,14,19). The first-order valence-electron chi connectivity index (χ1n) is 6.23. The third-order valence-corrected chi connectivity index (χ3v) is 3.70. The van der Waals surface area contributed by atoms with E-state index in [1.165, 1.54) is 23.9 Å². The first-order valence-corrected chi connectivity index (χ1v) is 7.21. The Labute approximate surface area is 130 Å². The predicted molar refractivity (Wildman–Crippen MR) is 82.2 cm³/mol. The average Bonchev–Trinajstić information content (AvgIpc) is 2.88. The van der Waals surface area contributed by atoms with Crippen LogP contribution in [0.3, 0.4) is 0 Å². The van der Waals surface area contributed by atoms with Gasteiger partial charge >= 0.3 is 0 Å². The quantitative estimate of drug-likeness (QED) is 0.358. The Morgan fingerprint density at radius 3 is 2.64 bits per heavy atom. The second-order valence-electron chi connectivity index (χ2n) is 4.26. The van der Waals surface area contributed by atoms with Gasteiger partial charge in [0.25, 0.3) is 5.69 Å². The van der Waals surface area contributed by atoms with Gasteiger partial charge in [-0.25, -0.2) is 0 Å². The van der Waals surface area contributed by atoms with E-state index in [1.54, 1.807) is 22.8 Å². The number of benzene rings is 1. The molecule has 0 saturated carbocycles. The Hall–Kier alpha value is -2.68. The monoisotopic (exact) mass is 319 g/mol. The zero-order valence-corrected chi connectivity index (χ0v) is 12.3. The third-order valence-electron chi connectivity index (χ3n) is 2.71. The Kier molecular flexibility index (Phi) is 4.89. The number of nitrogens with two attached hydrogens (primary N) is 1. The molecule has 0 atom stereocenters. The van der Waals surface area contributed by atoms with E-state index >= 15 is 0 Å². The minimum Gasteiger partial charge on any atom is -0.369 e. The molecule has 2 N–H and O–H groups in total. The number of carbonyl (C=O) groups is 1. The van der Waals surface area contributed by atoms with Crippen molar-refractivity contribution in [2.24, 2.45) is 5.73 Å². The molecule has 0 unspecified atom stereocenters. The normalized spacial score (nSPS) is 10.4. The molecular formula is C13H13N5O3S. The van der Waals surface area contributed by atoms with Gasteiger partial charge < -0.3 is 5.73 Å². The van der Waals surface area contributed by atoms with Gasteiger partial charge in [-0.3, -0.25) is 19.5 Å². The number of hydrogen-bond acceptors (Lipinski definition) is 6. The van der Waals surface area contributed by atoms with Crippen molar-refractivity contribution < 1.29 is 9.72 Å². The second kappa shape index (κ2) is 6.85. The molecule has 1 aromatic carbocycles. The van der Waals surface area contributed by atoms with E-state index in [1.807, 2.05) is 0 Å². The number of amides is 1. The number of thioether (sulfide) groups is 1. The maximum Gasteiger partial charge on any atom is 0.269 e. The van der Waals surface area contributed by atoms with Crippen LogP contribution in [0.15, 0.2) is 42.1 Å². The topological polar surface area (TPSA) is 117 Å². The van der Waals surface area contributed by atoms with Crippen molar-refractivity contribution >= 4 is 23.4 Å². The number of rotatable bonds is 7. The van der Waals surface area contributed by atoms with Gasteiger partial charge in [0.2, 0.25) is 5.91 Å². The molecule has 1 amide bonds. The van der Waals surface area contributed by atoms with Gasteiger partial charge in [0.05, 0.1) is 10.7 Å². The molecule has 0 saturated heterocycles. The SMILES string of the molecule is C=CCn1c(SCC(N)=O)nnc1-c1ccc([N+](=O)[O-])cc1. The molecule has 0 radical (unpaired) electrons. The number of non-ortho nitro benzene ring substituents is 1. The molecule has 22 heavy (non-hydrogen) atoms. The predicted octanol–water partition coefficient (Wildman–Crippen LogP) is 1.62. The van der Waals surface area contributed by atoms with Crippen molar-refractivity contribution in [1.82, 2.24) is 14.8 Å². The summed E-state index contributed by atoms with van der Waals surface area (Å²) < 4.78 is 1.77. The number of nitro groups is 1. The van der Waals surface area contributed by atoms with Crippen molar-refractivity contribution in [2.75, 3.05) is 5.75 Å². The van der Waals surface area contributed by atoms with Crippen LogP contribution in [0.2, 0.25) is 0 Å². The summed E-state index contributed by atoms with van der Waals surface area (Å²) >= 11 is 1.18. The van der Waals surface area contributed by atoms with Crippen LogP contribution in [0, 0.1) is 10.1 Å². The van der Waals surface area contributed by atoms with Gasteiger partial charge in [-0.1, -0.05) is 17.8 Å². The van der Waals surface area contributed by atoms with E-state index in [-0.39, 0.29) is 11.4 Å². The summed E-state index contributed by atoms with van der Waals surface area (Å²) in [5.74, 6) is 0.187. The summed E-state index contributed by atoms with van der Waals surface area (Å²) in [5, 5.41) is 19.3. The van der Waals surface area contributed by atoms with Crippen LogP contribution in [0.1, 0.15) is 0 Å². The molecule has 0 bridgehead atoms. The number of hydrogen-bond donors (Lipinski definition) is 1. The molecule has 0 aliphatic rings. The average molecular weight is 319 g/mol. The van der Waals surface area contributed by atoms with Crippen molar-refractivity contribution in [3.63, 3.8) is 0 Å². The molecule has 0 fully saturated rings. The first kappa shape index (κ1) is 15.7. The largest absolute Gasteiger partial charge is 0.369 e. The Bertz CT molecular complexity index is 711. The number of nitro benzene ring substituents is 1. The van der Waals surface area contributed by atoms with E-state index < -0.39 is 10.8 Å². The Morgan fingerprint density at radius 1 is 1.41 bits per heavy atom. The van der Waals surface area contributed by atoms with Gasteiger partial charge in [0.15, 0.2) is 11.0 Å². The van der Waals surface area contributed by atoms with Crippen molar-refractivity contribution in [3.05, 3.63) is 47.0 Å². The van der Waals surface area contributed by atoms with Crippen LogP contribution in [0.25, 0.3) is 11.4 Å². The highest BCUT2D eigenvalue weighted by molar-refractivity contribution is 7.99. The lowest BCUT2D eigenvalue weighted by molar-refractivity contribution is -0.384. The summed E-state index contributed by atoms with van der Waals surface area (Å²) in [5.41, 5.74) is 5.81. The zero-order chi connectivity index (χ0) is 16.1. The summed E-state index contributed by atoms with van der Waals surface area (Å²) in [6.07, 6.45) is 1.67. The molecule has 1 heterocycles. The van der Waals surface area contributed by atoms with E-state index in [0.29, 0.717) is 23.1 Å². The van der Waals surface area contributed by atoms with Crippen molar-refractivity contribution in [2.45, 2.75) is 11.7 Å². The van der Waals surface area contributed by atoms with Crippen molar-refractivity contribution in [3.8, 4) is 11.4 Å². The lowest BCUT2D eigenvalue weighted by Gasteiger charge is -2.07. The van der Waals surface area contributed by atoms with Crippen LogP contribution >= 0.6 is 11.8 Å². The van der Waals surface area contributed by atoms with Gasteiger partial charge in [0, 0.05) is 24.2 Å². The molecule has 2 rings (SSSR count). The molecule has 0 aliphatic carbocycles. The maximum absolute atomic E-state index is 10.9. The smallest absolute Gasteiger partial charge is 0.269 e. The van der Waals surface area contributed by atoms with Gasteiger partial charge in [-0.2, -0.15) is 0 Å². The molecular weight excluding hydrogens is 306 g/mol. The molecule has 114 valence electrons. The fourth-order valence-electron chi connectivity index (χ4n) is 1.77. The first-order chi connectivity index (χ1) is 10.5. The number of nitrogens with zero attached hydrogens (tertiary/aromatic N) is 4. The van der Waals surface area contributed by atoms with Crippen molar-refractivity contribution in [1.29, 1.82) is 0 Å². The van der Waals surface area contributed by atoms with Crippen LogP contribution in [0.4, 0.5) is 5.69 Å². The fourth-order valence-corrected chi connectivity index (χ4v) is 2.46. The number of allylic oxidation sites excluding steroid dienone is 1. The maximum atomic E-state index is 10.9. The zero-order valence-electron chi connectivity index (χ0n) is 11.5. The van der Waals surface area contributed by atoms with Gasteiger partial charge in [-0.15, -0.1) is 16.8 Å². The highest BCUT2D eigenvalue weighted by Crippen LogP contribution is 2.25. The minimum absolute atomic E-state index is 0.00172. The lowest BCUT2D eigenvalue weighted by atomic mass is 10.2. The highest BCUT2D eigenvalue weighted by Gasteiger charge is 2.15. The minimum atomic E-state index is -0.466. The number of aromatic nitrogens is 3. The van der Waals surface area contributed by atoms with Crippen LogP contribution in [-0.4, -0.2) is 31.3 Å². The van der Waals surface area contributed by atoms with Crippen LogP contribution in [0.5, 0.6) is 0 Å². The highest BCUT2D eigenvalue weighted by atomic mass is 32.2. The molecule has 9 heteroatoms. The van der Waals surface area contributed by atoms with E-state index in [4.69, 9.17) is 5.73 Å². The number of primary amides is 1. The summed E-state index contributed by atoms with van der Waals surface area (Å²) in [6, 6.07) is 6.01.